The molecule has 3 N–H and O–H groups in total. The van der Waals surface area contributed by atoms with Crippen molar-refractivity contribution in [1.29, 1.82) is 0 Å². The normalized spacial score (nSPS) is 13.8. The highest BCUT2D eigenvalue weighted by Gasteiger charge is 2.25. The maximum Gasteiger partial charge on any atom is 0.408 e. The summed E-state index contributed by atoms with van der Waals surface area (Å²) in [4.78, 5) is 23.6. The second-order valence-corrected chi connectivity index (χ2v) is 5.93. The molecule has 1 aromatic rings. The van der Waals surface area contributed by atoms with E-state index in [-0.39, 0.29) is 12.1 Å². The average molecular weight is 326 g/mol. The van der Waals surface area contributed by atoms with Gasteiger partial charge in [0.15, 0.2) is 5.69 Å². The van der Waals surface area contributed by atoms with E-state index in [9.17, 15) is 14.8 Å². The van der Waals surface area contributed by atoms with Crippen LogP contribution in [0.5, 0.6) is 0 Å². The molecule has 8 nitrogen and oxygen atoms in total. The van der Waals surface area contributed by atoms with Crippen molar-refractivity contribution in [2.75, 3.05) is 7.11 Å². The van der Waals surface area contributed by atoms with Gasteiger partial charge in [-0.25, -0.2) is 14.8 Å². The van der Waals surface area contributed by atoms with Crippen LogP contribution in [0.2, 0.25) is 0 Å². The molecule has 2 atom stereocenters. The van der Waals surface area contributed by atoms with E-state index in [1.54, 1.807) is 32.9 Å². The number of hydrogen-bond acceptors (Lipinski definition) is 6. The Bertz CT molecular complexity index is 536. The lowest BCUT2D eigenvalue weighted by Gasteiger charge is -2.22. The molecular formula is C15H22N2O6. The van der Waals surface area contributed by atoms with E-state index in [0.717, 1.165) is 0 Å². The summed E-state index contributed by atoms with van der Waals surface area (Å²) in [5, 5.41) is 21.1. The maximum absolute atomic E-state index is 11.8. The standard InChI is InChI=1S/C15H22N2O6/c1-15(2,3)23-14(19)16-12(13(18)22-4)9-10-5-7-11(8-6-10)17(20)21/h5-8,12,17,20H,9H2,1-4H3,(H,16,19). The zero-order chi connectivity index (χ0) is 17.6. The van der Waals surface area contributed by atoms with Crippen molar-refractivity contribution in [1.82, 2.24) is 5.32 Å². The van der Waals surface area contributed by atoms with Gasteiger partial charge in [0.2, 0.25) is 0 Å². The second-order valence-electron chi connectivity index (χ2n) is 5.93. The Kier molecular flexibility index (Phi) is 6.49. The minimum absolute atomic E-state index is 0.142. The summed E-state index contributed by atoms with van der Waals surface area (Å²) in [5.41, 5.74) is 0.137. The van der Waals surface area contributed by atoms with Gasteiger partial charge in [-0.15, -0.1) is 0 Å². The first-order valence-corrected chi connectivity index (χ1v) is 7.02. The summed E-state index contributed by atoms with van der Waals surface area (Å²) in [6.45, 7) is 5.14. The number of carbonyl (C=O) groups is 2. The summed E-state index contributed by atoms with van der Waals surface area (Å²) in [7, 11) is 1.22. The quantitative estimate of drug-likeness (QED) is 0.542. The molecule has 1 aromatic carbocycles. The molecule has 0 aromatic heterocycles. The highest BCUT2D eigenvalue weighted by atomic mass is 16.8. The van der Waals surface area contributed by atoms with Crippen molar-refractivity contribution in [3.63, 3.8) is 0 Å². The monoisotopic (exact) mass is 326 g/mol. The molecule has 0 fully saturated rings. The largest absolute Gasteiger partial charge is 0.595 e. The number of methoxy groups -OCH3 is 1. The van der Waals surface area contributed by atoms with E-state index in [2.05, 4.69) is 10.1 Å². The van der Waals surface area contributed by atoms with Gasteiger partial charge in [0, 0.05) is 18.6 Å². The fraction of sp³-hybridized carbons (Fsp3) is 0.467. The molecule has 0 spiro atoms. The van der Waals surface area contributed by atoms with E-state index in [4.69, 9.17) is 9.94 Å². The van der Waals surface area contributed by atoms with Crippen LogP contribution in [0.15, 0.2) is 24.3 Å². The summed E-state index contributed by atoms with van der Waals surface area (Å²) in [5.74, 6) is -0.613. The lowest BCUT2D eigenvalue weighted by Crippen LogP contribution is -2.99. The molecule has 0 aliphatic heterocycles. The predicted octanol–water partition coefficient (Wildman–Crippen LogP) is 0.699. The van der Waals surface area contributed by atoms with Gasteiger partial charge in [0.25, 0.3) is 0 Å². The van der Waals surface area contributed by atoms with Gasteiger partial charge < -0.3 is 20.0 Å². The molecule has 128 valence electrons. The fourth-order valence-corrected chi connectivity index (χ4v) is 1.80. The van der Waals surface area contributed by atoms with Crippen LogP contribution in [0.3, 0.4) is 0 Å². The molecule has 0 radical (unpaired) electrons. The third kappa shape index (κ3) is 6.64. The number of nitrogens with one attached hydrogen (secondary N) is 2. The number of carbonyl (C=O) groups excluding carboxylic acids is 2. The van der Waals surface area contributed by atoms with Gasteiger partial charge in [-0.05, 0) is 26.3 Å². The van der Waals surface area contributed by atoms with E-state index in [0.29, 0.717) is 5.56 Å². The number of esters is 1. The van der Waals surface area contributed by atoms with Crippen molar-refractivity contribution in [3.05, 3.63) is 35.0 Å². The number of alkyl carbamates (subject to hydrolysis) is 1. The van der Waals surface area contributed by atoms with Crippen LogP contribution in [-0.2, 0) is 20.7 Å². The molecule has 1 rings (SSSR count). The Morgan fingerprint density at radius 2 is 1.87 bits per heavy atom. The molecule has 2 unspecified atom stereocenters. The molecule has 0 aliphatic carbocycles. The summed E-state index contributed by atoms with van der Waals surface area (Å²) in [6.07, 6.45) is -0.568. The molecule has 0 heterocycles. The first-order chi connectivity index (χ1) is 10.6. The van der Waals surface area contributed by atoms with E-state index in [1.807, 2.05) is 0 Å². The Balaban J connectivity index is 2.78. The Morgan fingerprint density at radius 1 is 1.30 bits per heavy atom. The highest BCUT2D eigenvalue weighted by molar-refractivity contribution is 5.81. The first kappa shape index (κ1) is 18.9. The van der Waals surface area contributed by atoms with Crippen molar-refractivity contribution < 1.29 is 29.5 Å². The number of ether oxygens (including phenoxy) is 2. The molecule has 0 saturated carbocycles. The van der Waals surface area contributed by atoms with Crippen LogP contribution in [0.4, 0.5) is 10.5 Å². The van der Waals surface area contributed by atoms with Crippen LogP contribution < -0.4 is 10.5 Å². The molecular weight excluding hydrogens is 304 g/mol. The highest BCUT2D eigenvalue weighted by Crippen LogP contribution is 2.11. The summed E-state index contributed by atoms with van der Waals surface area (Å²) < 4.78 is 9.79. The van der Waals surface area contributed by atoms with Gasteiger partial charge in [-0.3, -0.25) is 0 Å². The zero-order valence-electron chi connectivity index (χ0n) is 13.6. The van der Waals surface area contributed by atoms with E-state index in [1.165, 1.54) is 19.2 Å². The molecule has 23 heavy (non-hydrogen) atoms. The van der Waals surface area contributed by atoms with Crippen molar-refractivity contribution in [2.24, 2.45) is 0 Å². The number of amides is 1. The average Bonchev–Trinajstić information content (AvgIpc) is 2.44. The minimum atomic E-state index is -1.03. The molecule has 0 saturated heterocycles. The zero-order valence-corrected chi connectivity index (χ0v) is 13.6. The number of rotatable bonds is 5. The number of hydrogen-bond donors (Lipinski definition) is 3. The number of quaternary nitrogens is 1. The lowest BCUT2D eigenvalue weighted by atomic mass is 10.1. The molecule has 8 heteroatoms. The van der Waals surface area contributed by atoms with Gasteiger partial charge in [0.05, 0.1) is 7.11 Å². The van der Waals surface area contributed by atoms with Crippen molar-refractivity contribution >= 4 is 17.7 Å². The molecule has 0 aliphatic rings. The first-order valence-electron chi connectivity index (χ1n) is 7.02. The van der Waals surface area contributed by atoms with Crippen LogP contribution in [0.25, 0.3) is 0 Å². The Hall–Kier alpha value is -2.16. The molecule has 1 amide bonds. The second kappa shape index (κ2) is 7.91. The Labute approximate surface area is 134 Å². The van der Waals surface area contributed by atoms with Crippen LogP contribution in [0, 0.1) is 5.21 Å². The van der Waals surface area contributed by atoms with E-state index < -0.39 is 28.9 Å². The van der Waals surface area contributed by atoms with E-state index >= 15 is 0 Å². The Morgan fingerprint density at radius 3 is 2.30 bits per heavy atom. The SMILES string of the molecule is COC(=O)C(Cc1ccc([NH+]([O-])O)cc1)NC(=O)OC(C)(C)C. The third-order valence-corrected chi connectivity index (χ3v) is 2.82. The summed E-state index contributed by atoms with van der Waals surface area (Å²) >= 11 is 0. The fourth-order valence-electron chi connectivity index (χ4n) is 1.80. The van der Waals surface area contributed by atoms with Crippen molar-refractivity contribution in [3.8, 4) is 0 Å². The van der Waals surface area contributed by atoms with Crippen molar-refractivity contribution in [2.45, 2.75) is 38.8 Å². The predicted molar refractivity (Wildman–Crippen MR) is 81.1 cm³/mol. The van der Waals surface area contributed by atoms with Gasteiger partial charge in [0.1, 0.15) is 11.6 Å². The maximum atomic E-state index is 11.8. The topological polar surface area (TPSA) is 112 Å². The number of benzene rings is 1. The minimum Gasteiger partial charge on any atom is -0.595 e. The van der Waals surface area contributed by atoms with Crippen LogP contribution >= 0.6 is 0 Å². The van der Waals surface area contributed by atoms with Gasteiger partial charge in [-0.1, -0.05) is 12.1 Å². The van der Waals surface area contributed by atoms with Gasteiger partial charge >= 0.3 is 12.1 Å². The summed E-state index contributed by atoms with van der Waals surface area (Å²) in [6, 6.07) is 5.09. The van der Waals surface area contributed by atoms with Gasteiger partial charge in [-0.2, -0.15) is 5.23 Å². The van der Waals surface area contributed by atoms with Crippen LogP contribution in [0.1, 0.15) is 26.3 Å². The smallest absolute Gasteiger partial charge is 0.408 e. The molecule has 0 bridgehead atoms. The lowest BCUT2D eigenvalue weighted by molar-refractivity contribution is -0.991. The van der Waals surface area contributed by atoms with Crippen LogP contribution in [-0.4, -0.2) is 36.0 Å². The third-order valence-electron chi connectivity index (χ3n) is 2.82.